The quantitative estimate of drug-likeness (QED) is 0.508. The van der Waals surface area contributed by atoms with Crippen LogP contribution in [0.5, 0.6) is 0 Å². The van der Waals surface area contributed by atoms with Gasteiger partial charge in [-0.05, 0) is 71.1 Å². The minimum atomic E-state index is -0.186. The number of imidazole rings is 1. The first-order valence-corrected chi connectivity index (χ1v) is 8.31. The molecule has 120 valence electrons. The molecule has 24 heavy (non-hydrogen) atoms. The standard InChI is InChI=1S/C18H14IN3O2/c1-22-11-10-20-17(22)16(23)12-4-8-15(9-5-12)21-18(24)13-2-6-14(19)7-3-13/h2-11H,1H3,(H,21,24). The van der Waals surface area contributed by atoms with Gasteiger partial charge >= 0.3 is 0 Å². The molecule has 1 aromatic heterocycles. The fourth-order valence-electron chi connectivity index (χ4n) is 2.22. The number of anilines is 1. The number of nitrogens with one attached hydrogen (secondary N) is 1. The van der Waals surface area contributed by atoms with Crippen molar-refractivity contribution in [2.24, 2.45) is 7.05 Å². The lowest BCUT2D eigenvalue weighted by Crippen LogP contribution is -2.12. The first-order valence-electron chi connectivity index (χ1n) is 7.23. The highest BCUT2D eigenvalue weighted by Gasteiger charge is 2.13. The highest BCUT2D eigenvalue weighted by molar-refractivity contribution is 14.1. The normalized spacial score (nSPS) is 10.4. The van der Waals surface area contributed by atoms with Gasteiger partial charge in [-0.3, -0.25) is 9.59 Å². The molecule has 1 amide bonds. The van der Waals surface area contributed by atoms with Crippen LogP contribution in [-0.4, -0.2) is 21.2 Å². The van der Waals surface area contributed by atoms with E-state index in [1.165, 1.54) is 0 Å². The van der Waals surface area contributed by atoms with Crippen LogP contribution in [0, 0.1) is 3.57 Å². The molecule has 1 N–H and O–H groups in total. The summed E-state index contributed by atoms with van der Waals surface area (Å²) < 4.78 is 2.75. The molecule has 0 spiro atoms. The Balaban J connectivity index is 1.73. The molecular weight excluding hydrogens is 417 g/mol. The summed E-state index contributed by atoms with van der Waals surface area (Å²) in [6.07, 6.45) is 3.31. The molecule has 0 fully saturated rings. The van der Waals surface area contributed by atoms with Crippen molar-refractivity contribution in [2.75, 3.05) is 5.32 Å². The van der Waals surface area contributed by atoms with E-state index in [1.54, 1.807) is 60.4 Å². The molecule has 0 saturated carbocycles. The molecule has 5 nitrogen and oxygen atoms in total. The summed E-state index contributed by atoms with van der Waals surface area (Å²) >= 11 is 2.19. The first kappa shape index (κ1) is 16.4. The maximum Gasteiger partial charge on any atom is 0.255 e. The van der Waals surface area contributed by atoms with Crippen molar-refractivity contribution in [2.45, 2.75) is 0 Å². The zero-order valence-electron chi connectivity index (χ0n) is 12.9. The molecule has 0 aliphatic heterocycles. The Morgan fingerprint density at radius 1 is 1.00 bits per heavy atom. The molecule has 0 atom stereocenters. The molecule has 3 aromatic rings. The van der Waals surface area contributed by atoms with Crippen molar-refractivity contribution in [1.82, 2.24) is 9.55 Å². The number of hydrogen-bond acceptors (Lipinski definition) is 3. The van der Waals surface area contributed by atoms with E-state index < -0.39 is 0 Å². The number of rotatable bonds is 4. The second-order valence-electron chi connectivity index (χ2n) is 5.23. The van der Waals surface area contributed by atoms with Crippen LogP contribution in [0.15, 0.2) is 60.9 Å². The molecule has 0 unspecified atom stereocenters. The number of halogens is 1. The third-order valence-corrected chi connectivity index (χ3v) is 4.25. The van der Waals surface area contributed by atoms with Gasteiger partial charge in [-0.25, -0.2) is 4.98 Å². The van der Waals surface area contributed by atoms with Crippen LogP contribution in [0.1, 0.15) is 26.5 Å². The van der Waals surface area contributed by atoms with Gasteiger partial charge in [-0.2, -0.15) is 0 Å². The van der Waals surface area contributed by atoms with Crippen LogP contribution >= 0.6 is 22.6 Å². The number of aryl methyl sites for hydroxylation is 1. The second-order valence-corrected chi connectivity index (χ2v) is 6.47. The van der Waals surface area contributed by atoms with Crippen molar-refractivity contribution in [3.8, 4) is 0 Å². The summed E-state index contributed by atoms with van der Waals surface area (Å²) in [6.45, 7) is 0. The summed E-state index contributed by atoms with van der Waals surface area (Å²) in [5.74, 6) is 0.0401. The minimum Gasteiger partial charge on any atom is -0.331 e. The molecule has 0 aliphatic carbocycles. The number of amides is 1. The molecule has 0 radical (unpaired) electrons. The highest BCUT2D eigenvalue weighted by atomic mass is 127. The maximum atomic E-state index is 12.3. The molecule has 0 aliphatic rings. The molecule has 6 heteroatoms. The number of nitrogens with zero attached hydrogens (tertiary/aromatic N) is 2. The smallest absolute Gasteiger partial charge is 0.255 e. The highest BCUT2D eigenvalue weighted by Crippen LogP contribution is 2.15. The Morgan fingerprint density at radius 2 is 1.62 bits per heavy atom. The van der Waals surface area contributed by atoms with Crippen molar-refractivity contribution < 1.29 is 9.59 Å². The summed E-state index contributed by atoms with van der Waals surface area (Å²) in [7, 11) is 1.77. The number of benzene rings is 2. The predicted molar refractivity (Wildman–Crippen MR) is 100 cm³/mol. The van der Waals surface area contributed by atoms with Crippen LogP contribution in [-0.2, 0) is 7.05 Å². The molecule has 0 saturated heterocycles. The van der Waals surface area contributed by atoms with Gasteiger partial charge in [-0.15, -0.1) is 0 Å². The number of ketones is 1. The summed E-state index contributed by atoms with van der Waals surface area (Å²) in [5.41, 5.74) is 1.75. The summed E-state index contributed by atoms with van der Waals surface area (Å²) in [5, 5.41) is 2.82. The molecule has 0 bridgehead atoms. The Morgan fingerprint density at radius 3 is 2.21 bits per heavy atom. The van der Waals surface area contributed by atoms with Crippen LogP contribution in [0.25, 0.3) is 0 Å². The molecule has 2 aromatic carbocycles. The van der Waals surface area contributed by atoms with E-state index in [1.807, 2.05) is 12.1 Å². The zero-order valence-corrected chi connectivity index (χ0v) is 15.0. The van der Waals surface area contributed by atoms with E-state index in [4.69, 9.17) is 0 Å². The Labute approximate surface area is 152 Å². The van der Waals surface area contributed by atoms with Crippen molar-refractivity contribution in [3.63, 3.8) is 0 Å². The third-order valence-electron chi connectivity index (χ3n) is 3.54. The van der Waals surface area contributed by atoms with Crippen LogP contribution in [0.2, 0.25) is 0 Å². The summed E-state index contributed by atoms with van der Waals surface area (Å²) in [6, 6.07) is 14.1. The van der Waals surface area contributed by atoms with Crippen molar-refractivity contribution >= 4 is 40.0 Å². The maximum absolute atomic E-state index is 12.3. The Bertz CT molecular complexity index is 883. The largest absolute Gasteiger partial charge is 0.331 e. The van der Waals surface area contributed by atoms with Gasteiger partial charge in [0.1, 0.15) is 0 Å². The third kappa shape index (κ3) is 3.53. The second kappa shape index (κ2) is 6.96. The lowest BCUT2D eigenvalue weighted by Gasteiger charge is -2.07. The Hall–Kier alpha value is -2.48. The lowest BCUT2D eigenvalue weighted by atomic mass is 10.1. The van der Waals surface area contributed by atoms with Gasteiger partial charge in [-0.1, -0.05) is 0 Å². The van der Waals surface area contributed by atoms with Crippen LogP contribution < -0.4 is 5.32 Å². The SMILES string of the molecule is Cn1ccnc1C(=O)c1ccc(NC(=O)c2ccc(I)cc2)cc1. The van der Waals surface area contributed by atoms with E-state index in [9.17, 15) is 9.59 Å². The average Bonchev–Trinajstić information content (AvgIpc) is 3.01. The van der Waals surface area contributed by atoms with Crippen LogP contribution in [0.3, 0.4) is 0 Å². The van der Waals surface area contributed by atoms with E-state index in [-0.39, 0.29) is 11.7 Å². The zero-order chi connectivity index (χ0) is 17.1. The van der Waals surface area contributed by atoms with Gasteiger partial charge in [0.2, 0.25) is 5.78 Å². The first-order chi connectivity index (χ1) is 11.5. The molecule has 1 heterocycles. The van der Waals surface area contributed by atoms with E-state index in [0.29, 0.717) is 22.6 Å². The minimum absolute atomic E-state index is 0.155. The Kier molecular flexibility index (Phi) is 4.75. The summed E-state index contributed by atoms with van der Waals surface area (Å²) in [4.78, 5) is 28.6. The van der Waals surface area contributed by atoms with Crippen molar-refractivity contribution in [1.29, 1.82) is 0 Å². The van der Waals surface area contributed by atoms with E-state index in [0.717, 1.165) is 3.57 Å². The monoisotopic (exact) mass is 431 g/mol. The number of hydrogen-bond donors (Lipinski definition) is 1. The molecular formula is C18H14IN3O2. The van der Waals surface area contributed by atoms with E-state index in [2.05, 4.69) is 32.9 Å². The van der Waals surface area contributed by atoms with Gasteiger partial charge in [0, 0.05) is 39.8 Å². The fourth-order valence-corrected chi connectivity index (χ4v) is 2.58. The van der Waals surface area contributed by atoms with Crippen LogP contribution in [0.4, 0.5) is 5.69 Å². The number of aromatic nitrogens is 2. The van der Waals surface area contributed by atoms with Gasteiger partial charge in [0.15, 0.2) is 5.82 Å². The lowest BCUT2D eigenvalue weighted by molar-refractivity contribution is 0.102. The predicted octanol–water partition coefficient (Wildman–Crippen LogP) is 3.51. The van der Waals surface area contributed by atoms with Gasteiger partial charge in [0.05, 0.1) is 0 Å². The fraction of sp³-hybridized carbons (Fsp3) is 0.0556. The van der Waals surface area contributed by atoms with Crippen molar-refractivity contribution in [3.05, 3.63) is 81.4 Å². The number of carbonyl (C=O) groups is 2. The average molecular weight is 431 g/mol. The van der Waals surface area contributed by atoms with Gasteiger partial charge in [0.25, 0.3) is 5.91 Å². The topological polar surface area (TPSA) is 64.0 Å². The van der Waals surface area contributed by atoms with Gasteiger partial charge < -0.3 is 9.88 Å². The molecule has 3 rings (SSSR count). The van der Waals surface area contributed by atoms with E-state index >= 15 is 0 Å². The number of carbonyl (C=O) groups excluding carboxylic acids is 2.